The Balaban J connectivity index is 3.57. The van der Waals surface area contributed by atoms with Crippen molar-refractivity contribution in [3.8, 4) is 0 Å². The van der Waals surface area contributed by atoms with Crippen molar-refractivity contribution >= 4 is 5.84 Å². The van der Waals surface area contributed by atoms with Crippen LogP contribution >= 0.6 is 0 Å². The molecule has 0 aliphatic heterocycles. The van der Waals surface area contributed by atoms with Gasteiger partial charge in [0.2, 0.25) is 0 Å². The Morgan fingerprint density at radius 1 is 1.57 bits per heavy atom. The molecule has 0 aliphatic carbocycles. The summed E-state index contributed by atoms with van der Waals surface area (Å²) in [5.74, 6) is 0.321. The smallest absolute Gasteiger partial charge is 0.139 e. The van der Waals surface area contributed by atoms with Crippen molar-refractivity contribution in [2.24, 2.45) is 10.9 Å². The Kier molecular flexibility index (Phi) is 7.20. The summed E-state index contributed by atoms with van der Waals surface area (Å²) in [6.07, 6.45) is 4.05. The SMILES string of the molecule is CCCC(C)N(C)CCC/C(N)=N/O. The maximum atomic E-state index is 8.34. The third-order valence-corrected chi connectivity index (χ3v) is 2.53. The number of rotatable bonds is 7. The maximum Gasteiger partial charge on any atom is 0.139 e. The fourth-order valence-electron chi connectivity index (χ4n) is 1.42. The van der Waals surface area contributed by atoms with Gasteiger partial charge >= 0.3 is 0 Å². The van der Waals surface area contributed by atoms with E-state index in [1.165, 1.54) is 12.8 Å². The number of hydrogen-bond acceptors (Lipinski definition) is 3. The molecule has 0 amide bonds. The van der Waals surface area contributed by atoms with Crippen LogP contribution in [0.1, 0.15) is 39.5 Å². The minimum Gasteiger partial charge on any atom is -0.409 e. The van der Waals surface area contributed by atoms with Crippen molar-refractivity contribution in [2.45, 2.75) is 45.6 Å². The van der Waals surface area contributed by atoms with Crippen molar-refractivity contribution in [1.29, 1.82) is 0 Å². The van der Waals surface area contributed by atoms with Gasteiger partial charge in [0.25, 0.3) is 0 Å². The molecular weight excluding hydrogens is 178 g/mol. The lowest BCUT2D eigenvalue weighted by Crippen LogP contribution is -2.30. The van der Waals surface area contributed by atoms with Crippen molar-refractivity contribution in [2.75, 3.05) is 13.6 Å². The molecule has 0 spiro atoms. The van der Waals surface area contributed by atoms with E-state index in [0.29, 0.717) is 18.3 Å². The second kappa shape index (κ2) is 7.62. The normalized spacial score (nSPS) is 14.7. The van der Waals surface area contributed by atoms with Gasteiger partial charge in [-0.3, -0.25) is 0 Å². The number of amidine groups is 1. The molecule has 4 heteroatoms. The Labute approximate surface area is 86.8 Å². The predicted octanol–water partition coefficient (Wildman–Crippen LogP) is 1.63. The van der Waals surface area contributed by atoms with E-state index in [0.717, 1.165) is 13.0 Å². The molecule has 0 fully saturated rings. The quantitative estimate of drug-likeness (QED) is 0.285. The first-order chi connectivity index (χ1) is 6.61. The average molecular weight is 201 g/mol. The molecule has 0 saturated carbocycles. The van der Waals surface area contributed by atoms with Crippen molar-refractivity contribution < 1.29 is 5.21 Å². The van der Waals surface area contributed by atoms with Crippen LogP contribution in [0.5, 0.6) is 0 Å². The highest BCUT2D eigenvalue weighted by molar-refractivity contribution is 5.79. The molecule has 0 heterocycles. The van der Waals surface area contributed by atoms with E-state index in [9.17, 15) is 0 Å². The first kappa shape index (κ1) is 13.2. The highest BCUT2D eigenvalue weighted by Crippen LogP contribution is 2.05. The largest absolute Gasteiger partial charge is 0.409 e. The van der Waals surface area contributed by atoms with E-state index in [1.807, 2.05) is 0 Å². The molecule has 0 saturated heterocycles. The fraction of sp³-hybridized carbons (Fsp3) is 0.900. The lowest BCUT2D eigenvalue weighted by Gasteiger charge is -2.23. The summed E-state index contributed by atoms with van der Waals surface area (Å²) in [6, 6.07) is 0.618. The van der Waals surface area contributed by atoms with E-state index in [1.54, 1.807) is 0 Å². The zero-order chi connectivity index (χ0) is 11.0. The Bertz CT molecular complexity index is 171. The third kappa shape index (κ3) is 5.80. The second-order valence-corrected chi connectivity index (χ2v) is 3.81. The summed E-state index contributed by atoms with van der Waals surface area (Å²) in [6.45, 7) is 5.42. The summed E-state index contributed by atoms with van der Waals surface area (Å²) in [4.78, 5) is 2.31. The van der Waals surface area contributed by atoms with Crippen molar-refractivity contribution in [3.05, 3.63) is 0 Å². The highest BCUT2D eigenvalue weighted by atomic mass is 16.4. The van der Waals surface area contributed by atoms with Crippen LogP contribution in [0.25, 0.3) is 0 Å². The Morgan fingerprint density at radius 3 is 2.71 bits per heavy atom. The molecule has 0 aromatic carbocycles. The standard InChI is InChI=1S/C10H23N3O/c1-4-6-9(2)13(3)8-5-7-10(11)12-14/h9,14H,4-8H2,1-3H3,(H2,11,12). The molecule has 84 valence electrons. The molecule has 4 nitrogen and oxygen atoms in total. The number of hydrogen-bond donors (Lipinski definition) is 2. The van der Waals surface area contributed by atoms with Crippen LogP contribution in [-0.4, -0.2) is 35.6 Å². The average Bonchev–Trinajstić information content (AvgIpc) is 2.17. The Morgan fingerprint density at radius 2 is 2.21 bits per heavy atom. The highest BCUT2D eigenvalue weighted by Gasteiger charge is 2.07. The topological polar surface area (TPSA) is 61.8 Å². The van der Waals surface area contributed by atoms with Gasteiger partial charge in [0.1, 0.15) is 5.84 Å². The zero-order valence-corrected chi connectivity index (χ0v) is 9.53. The molecule has 14 heavy (non-hydrogen) atoms. The predicted molar refractivity (Wildman–Crippen MR) is 59.6 cm³/mol. The van der Waals surface area contributed by atoms with Gasteiger partial charge in [-0.25, -0.2) is 0 Å². The molecule has 0 radical (unpaired) electrons. The molecule has 0 aliphatic rings. The van der Waals surface area contributed by atoms with Crippen molar-refractivity contribution in [1.82, 2.24) is 4.90 Å². The second-order valence-electron chi connectivity index (χ2n) is 3.81. The molecule has 3 N–H and O–H groups in total. The zero-order valence-electron chi connectivity index (χ0n) is 9.53. The van der Waals surface area contributed by atoms with E-state index < -0.39 is 0 Å². The van der Waals surface area contributed by atoms with Gasteiger partial charge in [-0.05, 0) is 33.4 Å². The van der Waals surface area contributed by atoms with Crippen molar-refractivity contribution in [3.63, 3.8) is 0 Å². The van der Waals surface area contributed by atoms with Gasteiger partial charge < -0.3 is 15.8 Å². The first-order valence-electron chi connectivity index (χ1n) is 5.28. The van der Waals surface area contributed by atoms with E-state index in [4.69, 9.17) is 10.9 Å². The number of nitrogens with two attached hydrogens (primary N) is 1. The maximum absolute atomic E-state index is 8.34. The summed E-state index contributed by atoms with van der Waals surface area (Å²) in [7, 11) is 2.12. The summed E-state index contributed by atoms with van der Waals surface area (Å²) >= 11 is 0. The summed E-state index contributed by atoms with van der Waals surface area (Å²) in [5, 5.41) is 11.3. The van der Waals surface area contributed by atoms with E-state index in [2.05, 4.69) is 31.0 Å². The first-order valence-corrected chi connectivity index (χ1v) is 5.28. The molecule has 0 rings (SSSR count). The van der Waals surface area contributed by atoms with Crippen LogP contribution in [0, 0.1) is 0 Å². The molecular formula is C10H23N3O. The minimum atomic E-state index is 0.321. The molecule has 1 unspecified atom stereocenters. The lowest BCUT2D eigenvalue weighted by atomic mass is 10.1. The van der Waals surface area contributed by atoms with Gasteiger partial charge in [-0.1, -0.05) is 18.5 Å². The third-order valence-electron chi connectivity index (χ3n) is 2.53. The number of oxime groups is 1. The van der Waals surface area contributed by atoms with Gasteiger partial charge in [-0.15, -0.1) is 0 Å². The van der Waals surface area contributed by atoms with Crippen LogP contribution in [0.4, 0.5) is 0 Å². The van der Waals surface area contributed by atoms with Gasteiger partial charge in [0.05, 0.1) is 0 Å². The van der Waals surface area contributed by atoms with Gasteiger partial charge in [0, 0.05) is 12.5 Å². The molecule has 0 bridgehead atoms. The van der Waals surface area contributed by atoms with Crippen LogP contribution in [0.3, 0.4) is 0 Å². The van der Waals surface area contributed by atoms with E-state index in [-0.39, 0.29) is 0 Å². The number of nitrogens with zero attached hydrogens (tertiary/aromatic N) is 2. The van der Waals surface area contributed by atoms with Crippen LogP contribution < -0.4 is 5.73 Å². The monoisotopic (exact) mass is 201 g/mol. The summed E-state index contributed by atoms with van der Waals surface area (Å²) < 4.78 is 0. The lowest BCUT2D eigenvalue weighted by molar-refractivity contribution is 0.243. The Hall–Kier alpha value is -0.770. The summed E-state index contributed by atoms with van der Waals surface area (Å²) in [5.41, 5.74) is 5.38. The molecule has 0 aromatic rings. The van der Waals surface area contributed by atoms with Crippen LogP contribution in [-0.2, 0) is 0 Å². The van der Waals surface area contributed by atoms with E-state index >= 15 is 0 Å². The molecule has 0 aromatic heterocycles. The minimum absolute atomic E-state index is 0.321. The fourth-order valence-corrected chi connectivity index (χ4v) is 1.42. The van der Waals surface area contributed by atoms with Crippen LogP contribution in [0.15, 0.2) is 5.16 Å². The van der Waals surface area contributed by atoms with Gasteiger partial charge in [0.15, 0.2) is 0 Å². The molecule has 1 atom stereocenters. The van der Waals surface area contributed by atoms with Crippen LogP contribution in [0.2, 0.25) is 0 Å². The van der Waals surface area contributed by atoms with Gasteiger partial charge in [-0.2, -0.15) is 0 Å².